The van der Waals surface area contributed by atoms with Crippen molar-refractivity contribution >= 4 is 31.1 Å². The number of non-ortho nitro benzene ring substituents is 1. The van der Waals surface area contributed by atoms with Crippen LogP contribution in [0, 0.1) is 20.2 Å². The Kier molecular flexibility index (Phi) is 4.01. The first kappa shape index (κ1) is 14.0. The van der Waals surface area contributed by atoms with Crippen LogP contribution in [0.2, 0.25) is 0 Å². The number of aromatic nitrogens is 4. The van der Waals surface area contributed by atoms with E-state index in [-0.39, 0.29) is 26.3 Å². The first-order valence-electron chi connectivity index (χ1n) is 5.26. The number of nitro groups is 2. The molecule has 1 aromatic heterocycles. The van der Waals surface area contributed by atoms with Crippen LogP contribution in [0.1, 0.15) is 5.56 Å². The molecule has 0 radical (unpaired) electrons. The van der Waals surface area contributed by atoms with Crippen molar-refractivity contribution in [2.45, 2.75) is 5.32 Å². The average Bonchev–Trinajstić information content (AvgIpc) is 2.81. The summed E-state index contributed by atoms with van der Waals surface area (Å²) in [7, 11) is 1.68. The molecule has 0 N–H and O–H groups in total. The molecule has 2 rings (SSSR count). The summed E-state index contributed by atoms with van der Waals surface area (Å²) in [5.41, 5.74) is -0.118. The Morgan fingerprint density at radius 1 is 1.30 bits per heavy atom. The summed E-state index contributed by atoms with van der Waals surface area (Å²) in [4.78, 5) is 20.3. The maximum atomic E-state index is 11.0. The molecular weight excluding hydrogens is 335 g/mol. The number of tetrazole rings is 1. The molecule has 1 heterocycles. The summed E-state index contributed by atoms with van der Waals surface area (Å²) in [6.07, 6.45) is 0. The predicted octanol–water partition coefficient (Wildman–Crippen LogP) is -0.444. The monoisotopic (exact) mass is 344 g/mol. The van der Waals surface area contributed by atoms with E-state index in [0.717, 1.165) is 6.07 Å². The van der Waals surface area contributed by atoms with Crippen molar-refractivity contribution in [3.8, 4) is 0 Å². The van der Waals surface area contributed by atoms with Gasteiger partial charge in [-0.1, -0.05) is 0 Å². The van der Waals surface area contributed by atoms with E-state index in [1.807, 2.05) is 0 Å². The molecule has 0 aliphatic rings. The van der Waals surface area contributed by atoms with Crippen LogP contribution < -0.4 is 4.72 Å². The fourth-order valence-electron chi connectivity index (χ4n) is 1.44. The Hall–Kier alpha value is -2.39. The van der Waals surface area contributed by atoms with Gasteiger partial charge in [-0.25, -0.2) is 0 Å². The second kappa shape index (κ2) is 5.72. The van der Waals surface area contributed by atoms with E-state index < -0.39 is 9.85 Å². The van der Waals surface area contributed by atoms with E-state index in [9.17, 15) is 20.2 Å². The van der Waals surface area contributed by atoms with Crippen molar-refractivity contribution in [2.75, 3.05) is 0 Å². The van der Waals surface area contributed by atoms with Gasteiger partial charge in [0, 0.05) is 0 Å². The van der Waals surface area contributed by atoms with Gasteiger partial charge in [0.15, 0.2) is 0 Å². The number of aryl methyl sites for hydroxylation is 1. The average molecular weight is 343 g/mol. The Morgan fingerprint density at radius 2 is 2.05 bits per heavy atom. The molecule has 0 saturated carbocycles. The van der Waals surface area contributed by atoms with Crippen molar-refractivity contribution in [3.05, 3.63) is 44.0 Å². The topological polar surface area (TPSA) is 130 Å². The normalized spacial score (nSPS) is 10.4. The van der Waals surface area contributed by atoms with Gasteiger partial charge in [-0.2, -0.15) is 0 Å². The summed E-state index contributed by atoms with van der Waals surface area (Å²) in [5, 5.41) is 32.9. The summed E-state index contributed by atoms with van der Waals surface area (Å²) >= 11 is -0.195. The molecule has 2 aromatic rings. The third-order valence-corrected chi connectivity index (χ3v) is 4.64. The van der Waals surface area contributed by atoms with Gasteiger partial charge in [0.1, 0.15) is 0 Å². The zero-order valence-electron chi connectivity index (χ0n) is 10.2. The minimum absolute atomic E-state index is 0.195. The van der Waals surface area contributed by atoms with Gasteiger partial charge in [0.25, 0.3) is 0 Å². The molecule has 0 amide bonds. The van der Waals surface area contributed by atoms with Crippen LogP contribution in [-0.4, -0.2) is 45.0 Å². The number of hydrogen-bond acceptors (Lipinski definition) is 7. The van der Waals surface area contributed by atoms with Crippen LogP contribution in [-0.2, 0) is 12.4 Å². The van der Waals surface area contributed by atoms with Gasteiger partial charge in [-0.05, 0) is 0 Å². The predicted molar refractivity (Wildman–Crippen MR) is 67.6 cm³/mol. The van der Waals surface area contributed by atoms with Gasteiger partial charge in [-0.3, -0.25) is 0 Å². The Balaban J connectivity index is 2.25. The summed E-state index contributed by atoms with van der Waals surface area (Å²) in [6, 6.07) is 3.63. The molecular formula is C9H8N6O4Se. The second-order valence-corrected chi connectivity index (χ2v) is 5.68. The number of hydrogen-bond donors (Lipinski definition) is 0. The van der Waals surface area contributed by atoms with Crippen LogP contribution in [0.4, 0.5) is 11.4 Å². The minimum atomic E-state index is -0.658. The van der Waals surface area contributed by atoms with Crippen LogP contribution in [0.15, 0.2) is 18.2 Å². The quantitative estimate of drug-likeness (QED) is 0.408. The molecule has 0 spiro atoms. The third kappa shape index (κ3) is 2.95. The summed E-state index contributed by atoms with van der Waals surface area (Å²) < 4.78 is 2.14. The van der Waals surface area contributed by atoms with Crippen LogP contribution in [0.3, 0.4) is 0 Å². The van der Waals surface area contributed by atoms with Crippen molar-refractivity contribution in [1.82, 2.24) is 20.2 Å². The van der Waals surface area contributed by atoms with E-state index >= 15 is 0 Å². The van der Waals surface area contributed by atoms with Gasteiger partial charge < -0.3 is 0 Å². The van der Waals surface area contributed by atoms with Crippen LogP contribution in [0.25, 0.3) is 0 Å². The van der Waals surface area contributed by atoms with Crippen LogP contribution in [0.5, 0.6) is 0 Å². The SMILES string of the molecule is Cn1nnnc1[Se]Cc1ccc([N+](=O)[O-])cc1[N+](=O)[O-]. The van der Waals surface area contributed by atoms with E-state index in [0.29, 0.717) is 15.6 Å². The van der Waals surface area contributed by atoms with Gasteiger partial charge in [0.2, 0.25) is 0 Å². The molecule has 104 valence electrons. The first-order valence-corrected chi connectivity index (χ1v) is 7.32. The van der Waals surface area contributed by atoms with Gasteiger partial charge in [0.05, 0.1) is 0 Å². The fraction of sp³-hybridized carbons (Fsp3) is 0.222. The number of nitrogens with zero attached hydrogens (tertiary/aromatic N) is 6. The molecule has 0 bridgehead atoms. The molecule has 0 unspecified atom stereocenters. The fourth-order valence-corrected chi connectivity index (χ4v) is 3.22. The maximum absolute atomic E-state index is 11.0. The number of rotatable bonds is 5. The number of benzene rings is 1. The molecule has 11 heteroatoms. The summed E-state index contributed by atoms with van der Waals surface area (Å²) in [6.45, 7) is 0. The van der Waals surface area contributed by atoms with E-state index in [1.54, 1.807) is 7.05 Å². The van der Waals surface area contributed by atoms with Crippen LogP contribution >= 0.6 is 0 Å². The molecule has 0 fully saturated rings. The Morgan fingerprint density at radius 3 is 2.60 bits per heavy atom. The molecule has 0 saturated heterocycles. The standard InChI is InChI=1S/C9H8N6O4Se/c1-13-9(10-11-12-13)20-5-6-2-3-7(14(16)17)4-8(6)15(18)19/h2-4H,5H2,1H3. The molecule has 0 aliphatic heterocycles. The first-order chi connectivity index (χ1) is 9.49. The van der Waals surface area contributed by atoms with Crippen molar-refractivity contribution < 1.29 is 9.85 Å². The zero-order valence-corrected chi connectivity index (χ0v) is 11.9. The molecule has 0 atom stereocenters. The number of nitro benzene ring substituents is 2. The van der Waals surface area contributed by atoms with Gasteiger partial charge >= 0.3 is 117 Å². The Bertz CT molecular complexity index is 672. The molecule has 1 aromatic carbocycles. The molecule has 10 nitrogen and oxygen atoms in total. The van der Waals surface area contributed by atoms with E-state index in [1.165, 1.54) is 16.8 Å². The second-order valence-electron chi connectivity index (χ2n) is 3.70. The van der Waals surface area contributed by atoms with E-state index in [4.69, 9.17) is 0 Å². The summed E-state index contributed by atoms with van der Waals surface area (Å²) in [5.74, 6) is 0. The van der Waals surface area contributed by atoms with E-state index in [2.05, 4.69) is 15.5 Å². The third-order valence-electron chi connectivity index (χ3n) is 2.41. The van der Waals surface area contributed by atoms with Crippen molar-refractivity contribution in [1.29, 1.82) is 0 Å². The Labute approximate surface area is 118 Å². The van der Waals surface area contributed by atoms with Gasteiger partial charge in [-0.15, -0.1) is 0 Å². The zero-order chi connectivity index (χ0) is 14.7. The molecule has 0 aliphatic carbocycles. The van der Waals surface area contributed by atoms with Crippen molar-refractivity contribution in [2.24, 2.45) is 7.05 Å². The molecule has 20 heavy (non-hydrogen) atoms. The van der Waals surface area contributed by atoms with Crippen molar-refractivity contribution in [3.63, 3.8) is 0 Å².